The Morgan fingerprint density at radius 3 is 3.33 bits per heavy atom. The minimum atomic E-state index is 0.894. The van der Waals surface area contributed by atoms with Crippen LogP contribution >= 0.6 is 11.5 Å². The summed E-state index contributed by atoms with van der Waals surface area (Å²) in [7, 11) is 0. The van der Waals surface area contributed by atoms with Crippen LogP contribution in [0.1, 0.15) is 0 Å². The molecule has 0 unspecified atom stereocenters. The van der Waals surface area contributed by atoms with E-state index in [-0.39, 0.29) is 0 Å². The van der Waals surface area contributed by atoms with Crippen LogP contribution in [0, 0.1) is 6.33 Å². The first-order valence-corrected chi connectivity index (χ1v) is 3.17. The first-order valence-electron chi connectivity index (χ1n) is 2.40. The Hall–Kier alpha value is -1.03. The minimum Gasteiger partial charge on any atom is -0.233 e. The fourth-order valence-electron chi connectivity index (χ4n) is 0.587. The van der Waals surface area contributed by atoms with Crippen LogP contribution in [0.3, 0.4) is 0 Å². The highest BCUT2D eigenvalue weighted by Gasteiger charge is 1.92. The van der Waals surface area contributed by atoms with Crippen molar-refractivity contribution in [1.29, 1.82) is 0 Å². The lowest BCUT2D eigenvalue weighted by molar-refractivity contribution is 1.21. The number of hydrogen-bond acceptors (Lipinski definition) is 4. The van der Waals surface area contributed by atoms with Crippen molar-refractivity contribution in [2.75, 3.05) is 0 Å². The zero-order chi connectivity index (χ0) is 6.10. The highest BCUT2D eigenvalue weighted by Crippen LogP contribution is 2.10. The molecule has 3 nitrogen and oxygen atoms in total. The summed E-state index contributed by atoms with van der Waals surface area (Å²) >= 11 is 1.35. The van der Waals surface area contributed by atoms with E-state index in [0.29, 0.717) is 0 Å². The Morgan fingerprint density at radius 1 is 1.44 bits per heavy atom. The second-order valence-corrected chi connectivity index (χ2v) is 2.34. The molecule has 2 aromatic rings. The predicted molar refractivity (Wildman–Crippen MR) is 34.0 cm³/mol. The largest absolute Gasteiger partial charge is 0.233 e. The van der Waals surface area contributed by atoms with Crippen LogP contribution in [0.15, 0.2) is 12.4 Å². The molecule has 2 heterocycles. The van der Waals surface area contributed by atoms with Gasteiger partial charge in [-0.05, 0) is 11.5 Å². The molecule has 0 atom stereocenters. The average Bonchev–Trinajstić information content (AvgIpc) is 2.33. The Bertz CT molecular complexity index is 286. The van der Waals surface area contributed by atoms with Gasteiger partial charge in [0, 0.05) is 11.6 Å². The fourth-order valence-corrected chi connectivity index (χ4v) is 1.15. The highest BCUT2D eigenvalue weighted by atomic mass is 32.1. The van der Waals surface area contributed by atoms with Gasteiger partial charge in [0.15, 0.2) is 6.33 Å². The van der Waals surface area contributed by atoms with Crippen LogP contribution in [-0.2, 0) is 0 Å². The lowest BCUT2D eigenvalue weighted by Crippen LogP contribution is -1.72. The molecule has 0 saturated carbocycles. The molecule has 0 aliphatic carbocycles. The van der Waals surface area contributed by atoms with Gasteiger partial charge in [0.2, 0.25) is 0 Å². The Kier molecular flexibility index (Phi) is 0.927. The van der Waals surface area contributed by atoms with Crippen LogP contribution in [-0.4, -0.2) is 14.3 Å². The second-order valence-electron chi connectivity index (χ2n) is 1.56. The molecule has 0 spiro atoms. The van der Waals surface area contributed by atoms with Crippen molar-refractivity contribution >= 4 is 21.7 Å². The molecule has 43 valence electrons. The molecule has 0 amide bonds. The van der Waals surface area contributed by atoms with Crippen molar-refractivity contribution in [1.82, 2.24) is 14.3 Å². The van der Waals surface area contributed by atoms with Crippen molar-refractivity contribution in [3.63, 3.8) is 0 Å². The van der Waals surface area contributed by atoms with Gasteiger partial charge < -0.3 is 0 Å². The molecule has 0 aliphatic heterocycles. The summed E-state index contributed by atoms with van der Waals surface area (Å²) in [5.74, 6) is 0. The van der Waals surface area contributed by atoms with Gasteiger partial charge in [-0.15, -0.1) is 0 Å². The summed E-state index contributed by atoms with van der Waals surface area (Å²) in [4.78, 5) is 8.47. The van der Waals surface area contributed by atoms with E-state index in [4.69, 9.17) is 0 Å². The summed E-state index contributed by atoms with van der Waals surface area (Å²) < 4.78 is 3.92. The third-order valence-corrected chi connectivity index (χ3v) is 1.70. The van der Waals surface area contributed by atoms with Gasteiger partial charge >= 0.3 is 0 Å². The summed E-state index contributed by atoms with van der Waals surface area (Å²) in [6, 6.07) is 0. The predicted octanol–water partition coefficient (Wildman–Crippen LogP) is 0.886. The van der Waals surface area contributed by atoms with Crippen LogP contribution in [0.5, 0.6) is 0 Å². The van der Waals surface area contributed by atoms with Crippen molar-refractivity contribution in [2.45, 2.75) is 0 Å². The van der Waals surface area contributed by atoms with E-state index in [2.05, 4.69) is 20.7 Å². The standard InChI is InChI=1S/C5H2N3S/c1-4-2-8-9-5(4)7-3-6-1/h1-2H. The summed E-state index contributed by atoms with van der Waals surface area (Å²) in [5, 5.41) is 0.985. The Balaban J connectivity index is 2.95. The van der Waals surface area contributed by atoms with Crippen molar-refractivity contribution in [3.05, 3.63) is 18.7 Å². The highest BCUT2D eigenvalue weighted by molar-refractivity contribution is 7.12. The number of aromatic nitrogens is 3. The summed E-state index contributed by atoms with van der Waals surface area (Å²) in [5.41, 5.74) is 0. The van der Waals surface area contributed by atoms with Gasteiger partial charge in [-0.3, -0.25) is 0 Å². The van der Waals surface area contributed by atoms with Gasteiger partial charge in [0.25, 0.3) is 0 Å². The van der Waals surface area contributed by atoms with E-state index in [1.807, 2.05) is 0 Å². The molecule has 2 rings (SSSR count). The number of nitrogens with zero attached hydrogens (tertiary/aromatic N) is 3. The molecule has 0 aliphatic rings. The van der Waals surface area contributed by atoms with Gasteiger partial charge in [0.05, 0.1) is 6.20 Å². The van der Waals surface area contributed by atoms with Gasteiger partial charge in [0.1, 0.15) is 4.83 Å². The first kappa shape index (κ1) is 4.81. The zero-order valence-corrected chi connectivity index (χ0v) is 5.22. The van der Waals surface area contributed by atoms with Crippen LogP contribution < -0.4 is 0 Å². The van der Waals surface area contributed by atoms with Gasteiger partial charge in [-0.25, -0.2) is 9.97 Å². The Labute approximate surface area is 55.6 Å². The maximum absolute atomic E-state index is 3.92. The molecule has 1 radical (unpaired) electrons. The fraction of sp³-hybridized carbons (Fsp3) is 0. The Morgan fingerprint density at radius 2 is 2.44 bits per heavy atom. The molecule has 0 saturated heterocycles. The van der Waals surface area contributed by atoms with Crippen LogP contribution in [0.2, 0.25) is 0 Å². The van der Waals surface area contributed by atoms with Crippen molar-refractivity contribution in [2.24, 2.45) is 0 Å². The molecular weight excluding hydrogens is 134 g/mol. The lowest BCUT2D eigenvalue weighted by atomic mass is 10.5. The summed E-state index contributed by atoms with van der Waals surface area (Å²) in [6.45, 7) is 0. The smallest absolute Gasteiger partial charge is 0.199 e. The van der Waals surface area contributed by atoms with Gasteiger partial charge in [-0.2, -0.15) is 4.37 Å². The van der Waals surface area contributed by atoms with Crippen molar-refractivity contribution < 1.29 is 0 Å². The van der Waals surface area contributed by atoms with E-state index in [9.17, 15) is 0 Å². The lowest BCUT2D eigenvalue weighted by Gasteiger charge is -1.78. The van der Waals surface area contributed by atoms with E-state index >= 15 is 0 Å². The molecule has 2 aromatic heterocycles. The van der Waals surface area contributed by atoms with E-state index in [1.54, 1.807) is 12.4 Å². The van der Waals surface area contributed by atoms with E-state index in [0.717, 1.165) is 10.2 Å². The first-order chi connectivity index (χ1) is 4.47. The van der Waals surface area contributed by atoms with E-state index in [1.165, 1.54) is 11.5 Å². The second kappa shape index (κ2) is 1.73. The quantitative estimate of drug-likeness (QED) is 0.539. The molecule has 0 N–H and O–H groups in total. The van der Waals surface area contributed by atoms with Crippen molar-refractivity contribution in [3.8, 4) is 0 Å². The molecule has 4 heteroatoms. The molecule has 0 fully saturated rings. The normalized spacial score (nSPS) is 10.2. The van der Waals surface area contributed by atoms with Crippen LogP contribution in [0.25, 0.3) is 10.2 Å². The summed E-state index contributed by atoms with van der Waals surface area (Å²) in [6.07, 6.45) is 5.94. The SMILES string of the molecule is [c]1ncc2cnsc2n1. The number of rotatable bonds is 0. The van der Waals surface area contributed by atoms with E-state index < -0.39 is 0 Å². The number of hydrogen-bond donors (Lipinski definition) is 0. The topological polar surface area (TPSA) is 38.7 Å². The molecule has 0 aromatic carbocycles. The molecular formula is C5H2N3S. The maximum Gasteiger partial charge on any atom is 0.199 e. The number of fused-ring (bicyclic) bond motifs is 1. The van der Waals surface area contributed by atoms with Crippen LogP contribution in [0.4, 0.5) is 0 Å². The maximum atomic E-state index is 3.92. The third kappa shape index (κ3) is 0.675. The molecule has 0 bridgehead atoms. The molecule has 9 heavy (non-hydrogen) atoms. The van der Waals surface area contributed by atoms with Gasteiger partial charge in [-0.1, -0.05) is 0 Å². The monoisotopic (exact) mass is 136 g/mol. The third-order valence-electron chi connectivity index (χ3n) is 0.991. The zero-order valence-electron chi connectivity index (χ0n) is 4.40. The minimum absolute atomic E-state index is 0.894. The average molecular weight is 136 g/mol.